The van der Waals surface area contributed by atoms with Crippen molar-refractivity contribution in [3.8, 4) is 0 Å². The van der Waals surface area contributed by atoms with E-state index in [0.717, 1.165) is 58.5 Å². The Morgan fingerprint density at radius 1 is 0.600 bits per heavy atom. The van der Waals surface area contributed by atoms with Crippen LogP contribution in [0.3, 0.4) is 0 Å². The van der Waals surface area contributed by atoms with Crippen molar-refractivity contribution in [2.45, 2.75) is 6.42 Å². The molecule has 0 fully saturated rings. The molecule has 231 valence electrons. The third-order valence-electron chi connectivity index (χ3n) is 7.50. The number of furan rings is 1. The number of nitrogens with zero attached hydrogens (tertiary/aromatic N) is 6. The number of hydrogen-bond acceptors (Lipinski definition) is 7. The molecule has 0 saturated carbocycles. The molecular formula is C37H32IrN6O-6. The molecule has 5 aromatic rings. The summed E-state index contributed by atoms with van der Waals surface area (Å²) in [6.45, 7) is 8.19. The topological polar surface area (TPSA) is 32.6 Å². The quantitative estimate of drug-likeness (QED) is 0.159. The summed E-state index contributed by atoms with van der Waals surface area (Å²) in [5.74, 6) is 0. The van der Waals surface area contributed by atoms with E-state index in [9.17, 15) is 0 Å². The van der Waals surface area contributed by atoms with Gasteiger partial charge in [-0.05, 0) is 69.8 Å². The first-order valence-electron chi connectivity index (χ1n) is 14.6. The monoisotopic (exact) mass is 769 g/mol. The van der Waals surface area contributed by atoms with Crippen LogP contribution in [0.25, 0.3) is 21.9 Å². The molecule has 1 radical (unpaired) electrons. The van der Waals surface area contributed by atoms with Gasteiger partial charge in [0.15, 0.2) is 0 Å². The summed E-state index contributed by atoms with van der Waals surface area (Å²) in [7, 11) is 2.00. The maximum atomic E-state index is 5.99. The molecule has 0 atom stereocenters. The average molecular weight is 769 g/mol. The van der Waals surface area contributed by atoms with Gasteiger partial charge in [-0.15, -0.1) is 11.4 Å². The van der Waals surface area contributed by atoms with Crippen LogP contribution < -0.4 is 14.7 Å². The van der Waals surface area contributed by atoms with Crippen LogP contribution in [0.5, 0.6) is 0 Å². The van der Waals surface area contributed by atoms with E-state index in [1.807, 2.05) is 103 Å². The summed E-state index contributed by atoms with van der Waals surface area (Å²) in [5.41, 5.74) is 4.85. The van der Waals surface area contributed by atoms with Gasteiger partial charge < -0.3 is 33.8 Å². The zero-order valence-electron chi connectivity index (χ0n) is 24.8. The third kappa shape index (κ3) is 6.88. The average Bonchev–Trinajstić information content (AvgIpc) is 3.89. The van der Waals surface area contributed by atoms with E-state index in [1.165, 1.54) is 0 Å². The summed E-state index contributed by atoms with van der Waals surface area (Å²) in [6, 6.07) is 37.8. The van der Waals surface area contributed by atoms with E-state index < -0.39 is 0 Å². The smallest absolute Gasteiger partial charge is 0.116 e. The van der Waals surface area contributed by atoms with E-state index in [-0.39, 0.29) is 20.1 Å². The van der Waals surface area contributed by atoms with Crippen LogP contribution in [0.2, 0.25) is 0 Å². The van der Waals surface area contributed by atoms with Gasteiger partial charge in [-0.2, -0.15) is 98.9 Å². The van der Waals surface area contributed by atoms with Gasteiger partial charge in [0.05, 0.1) is 0 Å². The number of hydrogen-bond donors (Lipinski definition) is 0. The van der Waals surface area contributed by atoms with Gasteiger partial charge >= 0.3 is 0 Å². The Morgan fingerprint density at radius 3 is 1.82 bits per heavy atom. The Bertz CT molecular complexity index is 1720. The first-order chi connectivity index (χ1) is 21.7. The minimum Gasteiger partial charge on any atom is -0.514 e. The van der Waals surface area contributed by atoms with Crippen molar-refractivity contribution in [1.29, 1.82) is 0 Å². The maximum Gasteiger partial charge on any atom is 0.116 e. The van der Waals surface area contributed by atoms with E-state index in [4.69, 9.17) is 4.42 Å². The van der Waals surface area contributed by atoms with Crippen LogP contribution in [0.1, 0.15) is 6.42 Å². The van der Waals surface area contributed by atoms with Crippen LogP contribution in [0.4, 0.5) is 17.1 Å². The number of anilines is 3. The zero-order chi connectivity index (χ0) is 29.7. The molecule has 8 heteroatoms. The predicted molar refractivity (Wildman–Crippen MR) is 177 cm³/mol. The second-order valence-corrected chi connectivity index (χ2v) is 10.6. The van der Waals surface area contributed by atoms with E-state index in [1.54, 1.807) is 0 Å². The summed E-state index contributed by atoms with van der Waals surface area (Å²) < 4.78 is 5.99. The second kappa shape index (κ2) is 14.0. The predicted octanol–water partition coefficient (Wildman–Crippen LogP) is 7.53. The van der Waals surface area contributed by atoms with E-state index in [0.29, 0.717) is 0 Å². The van der Waals surface area contributed by atoms with Gasteiger partial charge in [0, 0.05) is 31.1 Å². The third-order valence-corrected chi connectivity index (χ3v) is 7.50. The molecular weight excluding hydrogens is 737 g/mol. The van der Waals surface area contributed by atoms with Crippen molar-refractivity contribution < 1.29 is 24.5 Å². The molecule has 4 heterocycles. The second-order valence-electron chi connectivity index (χ2n) is 10.6. The zero-order valence-corrected chi connectivity index (χ0v) is 27.2. The molecule has 0 aliphatic carbocycles. The number of fused-ring (bicyclic) bond motifs is 3. The first-order valence-corrected chi connectivity index (χ1v) is 14.6. The van der Waals surface area contributed by atoms with Crippen LogP contribution in [-0.2, 0) is 20.1 Å². The standard InChI is InChI=1S/C21H20N4.C16H12N2O.Ir/c1-3-8-20(9-4-1)24-16-14-22(18-24)12-7-13-23-15-17-25(19-23)21-10-5-2-6-11-21;1-17-9-10-18(11-17)14-7-4-6-13-12-5-2-3-8-15(12)19-16(13)14;/h1-6,8,10,14-19H,7,12-13H2;2-6,8-11H,1H3;/q-4;-2;. The fourth-order valence-corrected chi connectivity index (χ4v) is 5.31. The molecule has 0 amide bonds. The van der Waals surface area contributed by atoms with Crippen LogP contribution in [0, 0.1) is 38.2 Å². The van der Waals surface area contributed by atoms with Crippen molar-refractivity contribution in [3.63, 3.8) is 0 Å². The van der Waals surface area contributed by atoms with Gasteiger partial charge in [-0.25, -0.2) is 0 Å². The van der Waals surface area contributed by atoms with Crippen molar-refractivity contribution in [2.24, 2.45) is 0 Å². The van der Waals surface area contributed by atoms with E-state index >= 15 is 0 Å². The molecule has 0 saturated heterocycles. The van der Waals surface area contributed by atoms with Gasteiger partial charge in [0.2, 0.25) is 0 Å². The minimum atomic E-state index is 0. The fraction of sp³-hybridized carbons (Fsp3) is 0.108. The van der Waals surface area contributed by atoms with Crippen LogP contribution >= 0.6 is 0 Å². The largest absolute Gasteiger partial charge is 0.514 e. The summed E-state index contributed by atoms with van der Waals surface area (Å²) in [6.07, 6.45) is 13.4. The fourth-order valence-electron chi connectivity index (χ4n) is 5.31. The van der Waals surface area contributed by atoms with Gasteiger partial charge in [-0.3, -0.25) is 0 Å². The summed E-state index contributed by atoms with van der Waals surface area (Å²) in [5, 5.41) is 2.27. The Hall–Kier alpha value is -4.65. The molecule has 7 nitrogen and oxygen atoms in total. The number of para-hydroxylation sites is 3. The number of rotatable bonds is 7. The summed E-state index contributed by atoms with van der Waals surface area (Å²) >= 11 is 0. The van der Waals surface area contributed by atoms with Gasteiger partial charge in [0.25, 0.3) is 0 Å². The summed E-state index contributed by atoms with van der Waals surface area (Å²) in [4.78, 5) is 12.6. The molecule has 3 aliphatic heterocycles. The Labute approximate surface area is 278 Å². The molecule has 1 aromatic heterocycles. The van der Waals surface area contributed by atoms with Crippen molar-refractivity contribution in [2.75, 3.05) is 34.8 Å². The van der Waals surface area contributed by atoms with Crippen molar-refractivity contribution in [1.82, 2.24) is 14.7 Å². The van der Waals surface area contributed by atoms with Gasteiger partial charge in [-0.1, -0.05) is 29.3 Å². The van der Waals surface area contributed by atoms with Crippen LogP contribution in [-0.4, -0.2) is 34.8 Å². The van der Waals surface area contributed by atoms with Crippen LogP contribution in [0.15, 0.2) is 127 Å². The Kier molecular flexibility index (Phi) is 9.43. The molecule has 0 unspecified atom stereocenters. The molecule has 8 rings (SSSR count). The molecule has 45 heavy (non-hydrogen) atoms. The Balaban J connectivity index is 0.000000160. The maximum absolute atomic E-state index is 5.99. The molecule has 4 aromatic carbocycles. The molecule has 3 aliphatic rings. The molecule has 0 bridgehead atoms. The normalized spacial score (nSPS) is 15.4. The van der Waals surface area contributed by atoms with E-state index in [2.05, 4.69) is 94.1 Å². The molecule has 0 spiro atoms. The Morgan fingerprint density at radius 2 is 1.22 bits per heavy atom. The number of benzene rings is 4. The molecule has 0 N–H and O–H groups in total. The SMILES string of the molecule is CN1C=CN(c2[c-]ccc3c2oc2ccccc23)[CH-]1.[Ir].[c-]1ccccc1N1C=CN(CCCN2C=CN(c3[c-]cccc3)[CH-]2)[CH-]1. The van der Waals surface area contributed by atoms with Crippen molar-refractivity contribution in [3.05, 3.63) is 160 Å². The van der Waals surface area contributed by atoms with Gasteiger partial charge in [0.1, 0.15) is 5.58 Å². The minimum absolute atomic E-state index is 0. The first kappa shape index (κ1) is 30.4. The van der Waals surface area contributed by atoms with Crippen molar-refractivity contribution >= 4 is 39.0 Å².